The number of nitrogens with zero attached hydrogens (tertiary/aromatic N) is 4. The van der Waals surface area contributed by atoms with Crippen molar-refractivity contribution in [2.45, 2.75) is 5.41 Å². The van der Waals surface area contributed by atoms with Crippen molar-refractivity contribution in [3.05, 3.63) is 289 Å². The lowest BCUT2D eigenvalue weighted by Crippen LogP contribution is -2.26. The van der Waals surface area contributed by atoms with Crippen LogP contribution in [0.3, 0.4) is 0 Å². The SMILES string of the molecule is c1ccc(-c2ccc(N(c3ccc(-c4cccc5c4oc4c(-c6nc(-c7ccccc7)nc(-c7ccccc7)n6)cccc45)cc3)c3cccc4c3-c3ccccc3C43c4ccccc4-c4ccccc43)cc2)cc1. The Morgan fingerprint density at radius 3 is 1.25 bits per heavy atom. The zero-order valence-electron chi connectivity index (χ0n) is 40.6. The van der Waals surface area contributed by atoms with Gasteiger partial charge in [0.1, 0.15) is 11.2 Å². The standard InChI is InChI=1S/C70H44N4O/c1-4-19-45(20-5-1)46-37-41-50(42-38-46)74(63-36-18-35-62-64(63)57-27-12-15-34-61(57)70(62)59-32-13-10-25-53(59)54-26-11-14-33-60(54)70)51-43-39-47(40-44-51)52-28-16-29-55-56-30-17-31-58(66(56)75-65(52)55)69-72-67(48-21-6-2-7-22-48)71-68(73-69)49-23-8-3-9-24-49/h1-44H. The third-order valence-corrected chi connectivity index (χ3v) is 15.4. The fourth-order valence-corrected chi connectivity index (χ4v) is 12.1. The predicted molar refractivity (Wildman–Crippen MR) is 305 cm³/mol. The van der Waals surface area contributed by atoms with Gasteiger partial charge >= 0.3 is 0 Å². The van der Waals surface area contributed by atoms with Gasteiger partial charge in [0.15, 0.2) is 17.5 Å². The molecule has 13 aromatic rings. The van der Waals surface area contributed by atoms with E-state index < -0.39 is 5.41 Å². The van der Waals surface area contributed by atoms with E-state index in [1.54, 1.807) is 0 Å². The number of fused-ring (bicyclic) bond motifs is 13. The smallest absolute Gasteiger partial charge is 0.167 e. The van der Waals surface area contributed by atoms with Crippen molar-refractivity contribution in [2.75, 3.05) is 4.90 Å². The zero-order valence-corrected chi connectivity index (χ0v) is 40.6. The van der Waals surface area contributed by atoms with Crippen LogP contribution < -0.4 is 4.90 Å². The summed E-state index contributed by atoms with van der Waals surface area (Å²) >= 11 is 0. The molecule has 0 saturated carbocycles. The summed E-state index contributed by atoms with van der Waals surface area (Å²) in [6.07, 6.45) is 0. The maximum absolute atomic E-state index is 7.05. The van der Waals surface area contributed by atoms with Crippen molar-refractivity contribution in [1.29, 1.82) is 0 Å². The van der Waals surface area contributed by atoms with Gasteiger partial charge in [0, 0.05) is 44.4 Å². The van der Waals surface area contributed by atoms with Crippen molar-refractivity contribution in [1.82, 2.24) is 15.0 Å². The molecule has 75 heavy (non-hydrogen) atoms. The van der Waals surface area contributed by atoms with Crippen molar-refractivity contribution in [3.63, 3.8) is 0 Å². The van der Waals surface area contributed by atoms with Crippen LogP contribution in [0.25, 0.3) is 101 Å². The first kappa shape index (κ1) is 42.7. The maximum atomic E-state index is 7.05. The first-order valence-corrected chi connectivity index (χ1v) is 25.5. The van der Waals surface area contributed by atoms with Crippen LogP contribution in [0.5, 0.6) is 0 Å². The van der Waals surface area contributed by atoms with Gasteiger partial charge in [-0.15, -0.1) is 0 Å². The Balaban J connectivity index is 0.882. The summed E-state index contributed by atoms with van der Waals surface area (Å²) in [7, 11) is 0. The molecule has 1 spiro atoms. The van der Waals surface area contributed by atoms with E-state index in [0.29, 0.717) is 17.5 Å². The number of rotatable bonds is 8. The molecule has 0 N–H and O–H groups in total. The lowest BCUT2D eigenvalue weighted by Gasteiger charge is -2.32. The summed E-state index contributed by atoms with van der Waals surface area (Å²) in [5.41, 5.74) is 21.7. The lowest BCUT2D eigenvalue weighted by molar-refractivity contribution is 0.670. The number of benzene rings is 11. The highest BCUT2D eigenvalue weighted by Gasteiger charge is 2.52. The highest BCUT2D eigenvalue weighted by Crippen LogP contribution is 2.64. The quantitative estimate of drug-likeness (QED) is 0.152. The second kappa shape index (κ2) is 17.1. The summed E-state index contributed by atoms with van der Waals surface area (Å²) in [6.45, 7) is 0. The Bertz CT molecular complexity index is 4240. The van der Waals surface area contributed by atoms with Crippen LogP contribution in [0.1, 0.15) is 22.3 Å². The summed E-state index contributed by atoms with van der Waals surface area (Å²) in [4.78, 5) is 17.6. The van der Waals surface area contributed by atoms with E-state index in [-0.39, 0.29) is 0 Å². The molecule has 0 atom stereocenters. The van der Waals surface area contributed by atoms with Crippen LogP contribution in [0, 0.1) is 0 Å². The molecule has 0 amide bonds. The van der Waals surface area contributed by atoms with E-state index in [9.17, 15) is 0 Å². The molecular weight excluding hydrogens is 913 g/mol. The number of aromatic nitrogens is 3. The minimum Gasteiger partial charge on any atom is -0.455 e. The largest absolute Gasteiger partial charge is 0.455 e. The Morgan fingerprint density at radius 2 is 0.680 bits per heavy atom. The molecule has 0 radical (unpaired) electrons. The van der Waals surface area contributed by atoms with Gasteiger partial charge in [-0.2, -0.15) is 0 Å². The average molecular weight is 957 g/mol. The highest BCUT2D eigenvalue weighted by atomic mass is 16.3. The van der Waals surface area contributed by atoms with E-state index in [2.05, 4.69) is 205 Å². The summed E-state index contributed by atoms with van der Waals surface area (Å²) < 4.78 is 7.05. The Morgan fingerprint density at radius 1 is 0.280 bits per heavy atom. The maximum Gasteiger partial charge on any atom is 0.167 e. The van der Waals surface area contributed by atoms with Crippen molar-refractivity contribution >= 4 is 39.0 Å². The minimum atomic E-state index is -0.467. The molecule has 0 aliphatic heterocycles. The monoisotopic (exact) mass is 956 g/mol. The number of hydrogen-bond donors (Lipinski definition) is 0. The third kappa shape index (κ3) is 6.61. The minimum absolute atomic E-state index is 0.467. The number of anilines is 3. The molecule has 2 aromatic heterocycles. The van der Waals surface area contributed by atoms with Crippen molar-refractivity contribution in [3.8, 4) is 78.7 Å². The Kier molecular flexibility index (Phi) is 9.72. The van der Waals surface area contributed by atoms with E-state index in [4.69, 9.17) is 19.4 Å². The second-order valence-electron chi connectivity index (χ2n) is 19.4. The van der Waals surface area contributed by atoms with Gasteiger partial charge in [-0.3, -0.25) is 0 Å². The van der Waals surface area contributed by atoms with E-state index >= 15 is 0 Å². The molecule has 0 saturated heterocycles. The second-order valence-corrected chi connectivity index (χ2v) is 19.4. The normalized spacial score (nSPS) is 12.6. The molecule has 2 aliphatic carbocycles. The molecular formula is C70H44N4O. The molecule has 0 bridgehead atoms. The summed E-state index contributed by atoms with van der Waals surface area (Å²) in [5, 5.41) is 2.02. The van der Waals surface area contributed by atoms with Gasteiger partial charge in [-0.1, -0.05) is 231 Å². The van der Waals surface area contributed by atoms with Gasteiger partial charge in [0.25, 0.3) is 0 Å². The molecule has 15 rings (SSSR count). The van der Waals surface area contributed by atoms with Gasteiger partial charge in [0.2, 0.25) is 0 Å². The molecule has 2 heterocycles. The third-order valence-electron chi connectivity index (χ3n) is 15.4. The van der Waals surface area contributed by atoms with E-state index in [0.717, 1.165) is 66.8 Å². The fraction of sp³-hybridized carbons (Fsp3) is 0.0143. The van der Waals surface area contributed by atoms with Gasteiger partial charge in [-0.25, -0.2) is 15.0 Å². The molecule has 0 fully saturated rings. The first-order chi connectivity index (χ1) is 37.2. The van der Waals surface area contributed by atoms with Crippen molar-refractivity contribution < 1.29 is 4.42 Å². The topological polar surface area (TPSA) is 55.1 Å². The van der Waals surface area contributed by atoms with Crippen LogP contribution >= 0.6 is 0 Å². The molecule has 5 heteroatoms. The number of furan rings is 1. The lowest BCUT2D eigenvalue weighted by atomic mass is 9.70. The highest BCUT2D eigenvalue weighted by molar-refractivity contribution is 6.13. The summed E-state index contributed by atoms with van der Waals surface area (Å²) in [6, 6.07) is 95.4. The van der Waals surface area contributed by atoms with E-state index in [1.165, 1.54) is 55.6 Å². The predicted octanol–water partition coefficient (Wildman–Crippen LogP) is 17.9. The fourth-order valence-electron chi connectivity index (χ4n) is 12.1. The van der Waals surface area contributed by atoms with Gasteiger partial charge in [-0.05, 0) is 92.0 Å². The molecule has 11 aromatic carbocycles. The Hall–Kier alpha value is -9.97. The van der Waals surface area contributed by atoms with Gasteiger partial charge < -0.3 is 9.32 Å². The van der Waals surface area contributed by atoms with E-state index in [1.807, 2.05) is 66.7 Å². The molecule has 0 unspecified atom stereocenters. The average Bonchev–Trinajstić information content (AvgIpc) is 4.14. The number of para-hydroxylation sites is 2. The molecule has 350 valence electrons. The zero-order chi connectivity index (χ0) is 49.5. The van der Waals surface area contributed by atoms with Crippen LogP contribution in [-0.2, 0) is 5.41 Å². The molecule has 2 aliphatic rings. The van der Waals surface area contributed by atoms with Crippen LogP contribution in [0.2, 0.25) is 0 Å². The summed E-state index contributed by atoms with van der Waals surface area (Å²) in [5.74, 6) is 1.76. The van der Waals surface area contributed by atoms with Crippen LogP contribution in [0.4, 0.5) is 17.1 Å². The van der Waals surface area contributed by atoms with Crippen molar-refractivity contribution in [2.24, 2.45) is 0 Å². The first-order valence-electron chi connectivity index (χ1n) is 25.5. The number of hydrogen-bond acceptors (Lipinski definition) is 5. The van der Waals surface area contributed by atoms with Crippen LogP contribution in [0.15, 0.2) is 271 Å². The van der Waals surface area contributed by atoms with Crippen LogP contribution in [-0.4, -0.2) is 15.0 Å². The Labute approximate surface area is 434 Å². The van der Waals surface area contributed by atoms with Gasteiger partial charge in [0.05, 0.1) is 16.7 Å². The molecule has 5 nitrogen and oxygen atoms in total.